The summed E-state index contributed by atoms with van der Waals surface area (Å²) < 4.78 is 5.32. The predicted octanol–water partition coefficient (Wildman–Crippen LogP) is 0.470. The Morgan fingerprint density at radius 2 is 2.10 bits per heavy atom. The Labute approximate surface area is 119 Å². The van der Waals surface area contributed by atoms with E-state index < -0.39 is 6.03 Å². The fourth-order valence-electron chi connectivity index (χ4n) is 2.02. The van der Waals surface area contributed by atoms with Crippen LogP contribution in [0.15, 0.2) is 17.2 Å². The van der Waals surface area contributed by atoms with Crippen molar-refractivity contribution in [2.45, 2.75) is 0 Å². The van der Waals surface area contributed by atoms with Gasteiger partial charge in [-0.3, -0.25) is 10.1 Å². The van der Waals surface area contributed by atoms with Crippen molar-refractivity contribution in [2.75, 3.05) is 37.7 Å². The number of hydrazone groups is 1. The molecule has 0 radical (unpaired) electrons. The van der Waals surface area contributed by atoms with Gasteiger partial charge in [0.1, 0.15) is 6.54 Å². The number of rotatable bonds is 3. The van der Waals surface area contributed by atoms with Crippen molar-refractivity contribution in [1.29, 1.82) is 0 Å². The molecule has 7 nitrogen and oxygen atoms in total. The first-order valence-corrected chi connectivity index (χ1v) is 7.12. The van der Waals surface area contributed by atoms with Gasteiger partial charge < -0.3 is 9.64 Å². The van der Waals surface area contributed by atoms with Crippen molar-refractivity contribution in [3.05, 3.63) is 17.0 Å². The van der Waals surface area contributed by atoms with E-state index in [1.54, 1.807) is 17.6 Å². The first-order valence-electron chi connectivity index (χ1n) is 6.30. The average molecular weight is 294 g/mol. The predicted molar refractivity (Wildman–Crippen MR) is 75.2 cm³/mol. The summed E-state index contributed by atoms with van der Waals surface area (Å²) in [5, 5.41) is 8.49. The Kier molecular flexibility index (Phi) is 3.66. The van der Waals surface area contributed by atoms with Crippen LogP contribution in [-0.4, -0.2) is 56.0 Å². The first kappa shape index (κ1) is 13.1. The molecule has 0 atom stereocenters. The van der Waals surface area contributed by atoms with Crippen LogP contribution < -0.4 is 10.2 Å². The van der Waals surface area contributed by atoms with Crippen LogP contribution in [0.2, 0.25) is 0 Å². The Hall–Kier alpha value is -1.93. The van der Waals surface area contributed by atoms with Crippen LogP contribution in [0.3, 0.4) is 0 Å². The number of carbonyl (C=O) groups is 2. The van der Waals surface area contributed by atoms with E-state index in [2.05, 4.69) is 15.3 Å². The number of imide groups is 1. The highest BCUT2D eigenvalue weighted by Gasteiger charge is 2.25. The number of morpholine rings is 1. The minimum absolute atomic E-state index is 0.0168. The maximum absolute atomic E-state index is 11.3. The van der Waals surface area contributed by atoms with Crippen molar-refractivity contribution in [3.63, 3.8) is 0 Å². The summed E-state index contributed by atoms with van der Waals surface area (Å²) in [6.07, 6.45) is 1.60. The molecule has 2 aliphatic rings. The Balaban J connectivity index is 1.65. The second-order valence-corrected chi connectivity index (χ2v) is 5.52. The average Bonchev–Trinajstić information content (AvgIpc) is 3.04. The van der Waals surface area contributed by atoms with Crippen LogP contribution in [0.5, 0.6) is 0 Å². The van der Waals surface area contributed by atoms with E-state index in [1.807, 2.05) is 12.1 Å². The SMILES string of the molecule is O=C1CN(/N=C\c2ccc(N3CCOCC3)s2)C(=O)N1. The van der Waals surface area contributed by atoms with Gasteiger partial charge in [0.2, 0.25) is 5.91 Å². The zero-order valence-electron chi connectivity index (χ0n) is 10.7. The lowest BCUT2D eigenvalue weighted by Gasteiger charge is -2.27. The van der Waals surface area contributed by atoms with Gasteiger partial charge in [0.05, 0.1) is 24.4 Å². The number of urea groups is 1. The summed E-state index contributed by atoms with van der Waals surface area (Å²) in [5.74, 6) is -0.327. The van der Waals surface area contributed by atoms with E-state index in [0.717, 1.165) is 41.2 Å². The number of hydrogen-bond acceptors (Lipinski definition) is 6. The molecule has 0 bridgehead atoms. The number of hydrogen-bond donors (Lipinski definition) is 1. The van der Waals surface area contributed by atoms with E-state index in [4.69, 9.17) is 4.74 Å². The van der Waals surface area contributed by atoms with Crippen LogP contribution in [-0.2, 0) is 9.53 Å². The van der Waals surface area contributed by atoms with Gasteiger partial charge in [0, 0.05) is 18.0 Å². The maximum atomic E-state index is 11.3. The number of anilines is 1. The molecule has 106 valence electrons. The molecule has 8 heteroatoms. The third-order valence-corrected chi connectivity index (χ3v) is 4.11. The van der Waals surface area contributed by atoms with Crippen LogP contribution in [0.4, 0.5) is 9.80 Å². The van der Waals surface area contributed by atoms with Crippen molar-refractivity contribution in [3.8, 4) is 0 Å². The largest absolute Gasteiger partial charge is 0.378 e. The fourth-order valence-corrected chi connectivity index (χ4v) is 2.94. The van der Waals surface area contributed by atoms with Crippen molar-refractivity contribution in [1.82, 2.24) is 10.3 Å². The molecular weight excluding hydrogens is 280 g/mol. The first-order chi connectivity index (χ1) is 9.72. The van der Waals surface area contributed by atoms with Crippen molar-refractivity contribution < 1.29 is 14.3 Å². The second-order valence-electron chi connectivity index (χ2n) is 4.43. The third-order valence-electron chi connectivity index (χ3n) is 3.03. The van der Waals surface area contributed by atoms with Gasteiger partial charge >= 0.3 is 6.03 Å². The topological polar surface area (TPSA) is 74.2 Å². The number of nitrogens with zero attached hydrogens (tertiary/aromatic N) is 3. The molecule has 20 heavy (non-hydrogen) atoms. The smallest absolute Gasteiger partial charge is 0.344 e. The summed E-state index contributed by atoms with van der Waals surface area (Å²) >= 11 is 1.60. The highest BCUT2D eigenvalue weighted by molar-refractivity contribution is 7.17. The van der Waals surface area contributed by atoms with Crippen LogP contribution in [0.25, 0.3) is 0 Å². The highest BCUT2D eigenvalue weighted by atomic mass is 32.1. The molecule has 0 aliphatic carbocycles. The molecule has 0 saturated carbocycles. The van der Waals surface area contributed by atoms with Gasteiger partial charge in [-0.2, -0.15) is 5.10 Å². The number of thiophene rings is 1. The third kappa shape index (κ3) is 2.81. The molecule has 0 unspecified atom stereocenters. The summed E-state index contributed by atoms with van der Waals surface area (Å²) in [5.41, 5.74) is 0. The molecule has 2 fully saturated rings. The maximum Gasteiger partial charge on any atom is 0.344 e. The van der Waals surface area contributed by atoms with E-state index in [0.29, 0.717) is 0 Å². The quantitative estimate of drug-likeness (QED) is 0.649. The van der Waals surface area contributed by atoms with Crippen molar-refractivity contribution in [2.24, 2.45) is 5.10 Å². The van der Waals surface area contributed by atoms with E-state index in [1.165, 1.54) is 0 Å². The van der Waals surface area contributed by atoms with Crippen molar-refractivity contribution >= 4 is 34.5 Å². The zero-order chi connectivity index (χ0) is 13.9. The lowest BCUT2D eigenvalue weighted by Crippen LogP contribution is -2.35. The van der Waals surface area contributed by atoms with Crippen LogP contribution >= 0.6 is 11.3 Å². The molecule has 1 aromatic rings. The highest BCUT2D eigenvalue weighted by Crippen LogP contribution is 2.25. The van der Waals surface area contributed by atoms with Gasteiger partial charge in [-0.25, -0.2) is 9.80 Å². The van der Waals surface area contributed by atoms with E-state index in [-0.39, 0.29) is 12.5 Å². The molecule has 1 aromatic heterocycles. The molecule has 0 spiro atoms. The summed E-state index contributed by atoms with van der Waals surface area (Å²) in [4.78, 5) is 25.5. The van der Waals surface area contributed by atoms with Gasteiger partial charge in [-0.1, -0.05) is 0 Å². The van der Waals surface area contributed by atoms with Gasteiger partial charge in [0.25, 0.3) is 0 Å². The van der Waals surface area contributed by atoms with E-state index in [9.17, 15) is 9.59 Å². The standard InChI is InChI=1S/C12H14N4O3S/c17-10-8-16(12(18)14-10)13-7-9-1-2-11(20-9)15-3-5-19-6-4-15/h1-2,7H,3-6,8H2,(H,14,17,18)/b13-7-. The lowest BCUT2D eigenvalue weighted by atomic mass is 10.4. The second kappa shape index (κ2) is 5.59. The number of ether oxygens (including phenoxy) is 1. The molecule has 2 aliphatic heterocycles. The molecule has 3 amide bonds. The molecule has 3 rings (SSSR count). The zero-order valence-corrected chi connectivity index (χ0v) is 11.6. The summed E-state index contributed by atoms with van der Waals surface area (Å²) in [7, 11) is 0. The molecule has 0 aromatic carbocycles. The minimum atomic E-state index is -0.476. The molecule has 1 N–H and O–H groups in total. The van der Waals surface area contributed by atoms with Gasteiger partial charge in [0.15, 0.2) is 0 Å². The van der Waals surface area contributed by atoms with Gasteiger partial charge in [-0.15, -0.1) is 11.3 Å². The van der Waals surface area contributed by atoms with Gasteiger partial charge in [-0.05, 0) is 12.1 Å². The summed E-state index contributed by atoms with van der Waals surface area (Å²) in [6, 6.07) is 3.51. The van der Waals surface area contributed by atoms with Crippen LogP contribution in [0.1, 0.15) is 4.88 Å². The summed E-state index contributed by atoms with van der Waals surface area (Å²) in [6.45, 7) is 3.26. The Morgan fingerprint density at radius 3 is 2.80 bits per heavy atom. The fraction of sp³-hybridized carbons (Fsp3) is 0.417. The molecule has 2 saturated heterocycles. The molecule has 3 heterocycles. The lowest BCUT2D eigenvalue weighted by molar-refractivity contribution is -0.118. The van der Waals surface area contributed by atoms with Crippen LogP contribution in [0, 0.1) is 0 Å². The van der Waals surface area contributed by atoms with E-state index >= 15 is 0 Å². The number of nitrogens with one attached hydrogen (secondary N) is 1. The number of carbonyl (C=O) groups excluding carboxylic acids is 2. The monoisotopic (exact) mass is 294 g/mol. The Morgan fingerprint density at radius 1 is 1.30 bits per heavy atom. The molecular formula is C12H14N4O3S. The minimum Gasteiger partial charge on any atom is -0.378 e. The Bertz CT molecular complexity index is 551. The normalized spacial score (nSPS) is 20.0. The number of amides is 3.